The Kier molecular flexibility index (Phi) is 3.63. The summed E-state index contributed by atoms with van der Waals surface area (Å²) in [5, 5.41) is 0.546. The predicted molar refractivity (Wildman–Crippen MR) is 54.4 cm³/mol. The van der Waals surface area contributed by atoms with E-state index >= 15 is 0 Å². The Labute approximate surface area is 87.3 Å². The van der Waals surface area contributed by atoms with Crippen molar-refractivity contribution in [3.63, 3.8) is 0 Å². The third-order valence-electron chi connectivity index (χ3n) is 1.59. The van der Waals surface area contributed by atoms with Crippen LogP contribution < -0.4 is 0 Å². The first-order valence-electron chi connectivity index (χ1n) is 3.67. The number of benzene rings is 1. The van der Waals surface area contributed by atoms with Gasteiger partial charge in [-0.15, -0.1) is 12.6 Å². The molecule has 0 aliphatic rings. The van der Waals surface area contributed by atoms with Gasteiger partial charge in [-0.25, -0.2) is 0 Å². The number of hydrogen-bond acceptors (Lipinski definition) is 3. The molecule has 0 aliphatic heterocycles. The van der Waals surface area contributed by atoms with Gasteiger partial charge >= 0.3 is 5.97 Å². The molecule has 0 amide bonds. The van der Waals surface area contributed by atoms with E-state index in [1.807, 2.05) is 0 Å². The van der Waals surface area contributed by atoms with Crippen LogP contribution in [0.25, 0.3) is 0 Å². The molecule has 0 saturated heterocycles. The molecule has 70 valence electrons. The Morgan fingerprint density at radius 2 is 2.31 bits per heavy atom. The first-order chi connectivity index (χ1) is 6.13. The third-order valence-corrected chi connectivity index (χ3v) is 2.42. The van der Waals surface area contributed by atoms with Crippen molar-refractivity contribution in [1.82, 2.24) is 0 Å². The number of hydrogen-bond donors (Lipinski definition) is 1. The molecule has 1 rings (SSSR count). The molecule has 0 bridgehead atoms. The lowest BCUT2D eigenvalue weighted by Gasteiger charge is -2.01. The fourth-order valence-corrected chi connectivity index (χ4v) is 1.24. The molecule has 0 radical (unpaired) electrons. The van der Waals surface area contributed by atoms with Crippen molar-refractivity contribution in [1.29, 1.82) is 0 Å². The molecule has 0 N–H and O–H groups in total. The molecule has 0 atom stereocenters. The number of carbonyl (C=O) groups is 1. The minimum atomic E-state index is -0.275. The average molecular weight is 217 g/mol. The number of esters is 1. The molecule has 0 unspecified atom stereocenters. The second-order valence-electron chi connectivity index (χ2n) is 2.54. The summed E-state index contributed by atoms with van der Waals surface area (Å²) < 4.78 is 4.52. The molecule has 13 heavy (non-hydrogen) atoms. The molecule has 1 aromatic carbocycles. The Hall–Kier alpha value is -0.670. The predicted octanol–water partition coefficient (Wildman–Crippen LogP) is 2.34. The first kappa shape index (κ1) is 10.4. The van der Waals surface area contributed by atoms with E-state index in [9.17, 15) is 4.79 Å². The highest BCUT2D eigenvalue weighted by Crippen LogP contribution is 2.21. The molecule has 0 aliphatic carbocycles. The van der Waals surface area contributed by atoms with Crippen LogP contribution in [-0.2, 0) is 16.0 Å². The van der Waals surface area contributed by atoms with Crippen LogP contribution >= 0.6 is 24.2 Å². The van der Waals surface area contributed by atoms with Crippen LogP contribution in [0.4, 0.5) is 0 Å². The van der Waals surface area contributed by atoms with Crippen molar-refractivity contribution in [2.75, 3.05) is 7.11 Å². The molecular formula is C9H9ClO2S. The van der Waals surface area contributed by atoms with Gasteiger partial charge in [-0.05, 0) is 17.7 Å². The van der Waals surface area contributed by atoms with E-state index in [0.717, 1.165) is 5.56 Å². The summed E-state index contributed by atoms with van der Waals surface area (Å²) in [4.78, 5) is 11.6. The van der Waals surface area contributed by atoms with E-state index in [1.54, 1.807) is 18.2 Å². The monoisotopic (exact) mass is 216 g/mol. The van der Waals surface area contributed by atoms with E-state index in [1.165, 1.54) is 7.11 Å². The van der Waals surface area contributed by atoms with Gasteiger partial charge < -0.3 is 4.74 Å². The zero-order valence-corrected chi connectivity index (χ0v) is 8.73. The maximum atomic E-state index is 10.9. The highest BCUT2D eigenvalue weighted by molar-refractivity contribution is 7.80. The molecule has 4 heteroatoms. The Bertz CT molecular complexity index is 325. The van der Waals surface area contributed by atoms with Crippen LogP contribution in [0, 0.1) is 0 Å². The molecular weight excluding hydrogens is 208 g/mol. The van der Waals surface area contributed by atoms with Gasteiger partial charge in [0.25, 0.3) is 0 Å². The summed E-state index contributed by atoms with van der Waals surface area (Å²) in [6, 6.07) is 5.26. The Morgan fingerprint density at radius 1 is 1.62 bits per heavy atom. The molecule has 0 heterocycles. The SMILES string of the molecule is COC(=O)Cc1ccc(S)c(Cl)c1. The van der Waals surface area contributed by atoms with E-state index in [4.69, 9.17) is 11.6 Å². The van der Waals surface area contributed by atoms with Crippen molar-refractivity contribution in [3.05, 3.63) is 28.8 Å². The fraction of sp³-hybridized carbons (Fsp3) is 0.222. The third kappa shape index (κ3) is 2.94. The number of ether oxygens (including phenoxy) is 1. The van der Waals surface area contributed by atoms with Gasteiger partial charge in [0.15, 0.2) is 0 Å². The number of halogens is 1. The van der Waals surface area contributed by atoms with Crippen LogP contribution in [0.1, 0.15) is 5.56 Å². The zero-order valence-electron chi connectivity index (χ0n) is 7.08. The van der Waals surface area contributed by atoms with Gasteiger partial charge in [0.2, 0.25) is 0 Å². The maximum absolute atomic E-state index is 10.9. The molecule has 1 aromatic rings. The van der Waals surface area contributed by atoms with Crippen molar-refractivity contribution in [2.24, 2.45) is 0 Å². The average Bonchev–Trinajstić information content (AvgIpc) is 2.11. The molecule has 0 saturated carbocycles. The normalized spacial score (nSPS) is 9.77. The van der Waals surface area contributed by atoms with Gasteiger partial charge in [0.05, 0.1) is 18.6 Å². The summed E-state index contributed by atoms with van der Waals surface area (Å²) in [6.45, 7) is 0. The van der Waals surface area contributed by atoms with Gasteiger partial charge in [-0.3, -0.25) is 4.79 Å². The summed E-state index contributed by atoms with van der Waals surface area (Å²) in [5.41, 5.74) is 0.828. The smallest absolute Gasteiger partial charge is 0.309 e. The first-order valence-corrected chi connectivity index (χ1v) is 4.50. The van der Waals surface area contributed by atoms with Crippen LogP contribution in [-0.4, -0.2) is 13.1 Å². The lowest BCUT2D eigenvalue weighted by Crippen LogP contribution is -2.04. The highest BCUT2D eigenvalue weighted by atomic mass is 35.5. The summed E-state index contributed by atoms with van der Waals surface area (Å²) >= 11 is 9.92. The van der Waals surface area contributed by atoms with E-state index in [-0.39, 0.29) is 12.4 Å². The Morgan fingerprint density at radius 3 is 2.85 bits per heavy atom. The number of thiol groups is 1. The fourth-order valence-electron chi connectivity index (χ4n) is 0.899. The van der Waals surface area contributed by atoms with Crippen LogP contribution in [0.3, 0.4) is 0 Å². The second kappa shape index (κ2) is 4.53. The number of carbonyl (C=O) groups excluding carboxylic acids is 1. The maximum Gasteiger partial charge on any atom is 0.309 e. The van der Waals surface area contributed by atoms with Crippen molar-refractivity contribution >= 4 is 30.2 Å². The zero-order chi connectivity index (χ0) is 9.84. The van der Waals surface area contributed by atoms with Gasteiger partial charge in [-0.2, -0.15) is 0 Å². The number of methoxy groups -OCH3 is 1. The van der Waals surface area contributed by atoms with E-state index in [0.29, 0.717) is 9.92 Å². The summed E-state index contributed by atoms with van der Waals surface area (Å²) in [5.74, 6) is -0.275. The lowest BCUT2D eigenvalue weighted by atomic mass is 10.1. The van der Waals surface area contributed by atoms with E-state index < -0.39 is 0 Å². The summed E-state index contributed by atoms with van der Waals surface area (Å²) in [7, 11) is 1.36. The van der Waals surface area contributed by atoms with Crippen LogP contribution in [0.15, 0.2) is 23.1 Å². The molecule has 0 spiro atoms. The lowest BCUT2D eigenvalue weighted by molar-refractivity contribution is -0.139. The standard InChI is InChI=1S/C9H9ClO2S/c1-12-9(11)5-6-2-3-8(13)7(10)4-6/h2-4,13H,5H2,1H3. The molecule has 2 nitrogen and oxygen atoms in total. The Balaban J connectivity index is 2.79. The van der Waals surface area contributed by atoms with Crippen molar-refractivity contribution in [2.45, 2.75) is 11.3 Å². The van der Waals surface area contributed by atoms with Crippen molar-refractivity contribution in [3.8, 4) is 0 Å². The minimum absolute atomic E-state index is 0.240. The second-order valence-corrected chi connectivity index (χ2v) is 3.43. The minimum Gasteiger partial charge on any atom is -0.469 e. The van der Waals surface area contributed by atoms with Crippen molar-refractivity contribution < 1.29 is 9.53 Å². The van der Waals surface area contributed by atoms with E-state index in [2.05, 4.69) is 17.4 Å². The highest BCUT2D eigenvalue weighted by Gasteiger charge is 2.04. The number of rotatable bonds is 2. The van der Waals surface area contributed by atoms with Crippen LogP contribution in [0.2, 0.25) is 5.02 Å². The molecule has 0 aromatic heterocycles. The van der Waals surface area contributed by atoms with Gasteiger partial charge in [0.1, 0.15) is 0 Å². The largest absolute Gasteiger partial charge is 0.469 e. The topological polar surface area (TPSA) is 26.3 Å². The quantitative estimate of drug-likeness (QED) is 0.607. The van der Waals surface area contributed by atoms with Gasteiger partial charge in [0, 0.05) is 4.90 Å². The molecule has 0 fully saturated rings. The summed E-state index contributed by atoms with van der Waals surface area (Å²) in [6.07, 6.45) is 0.240. The van der Waals surface area contributed by atoms with Gasteiger partial charge in [-0.1, -0.05) is 17.7 Å². The van der Waals surface area contributed by atoms with Crippen LogP contribution in [0.5, 0.6) is 0 Å².